The molecule has 3 aromatic rings. The van der Waals surface area contributed by atoms with Gasteiger partial charge in [-0.2, -0.15) is 0 Å². The number of likely N-dealkylation sites (N-methyl/N-ethyl adjacent to an activating group) is 1. The molecule has 5 heteroatoms. The second-order valence-corrected chi connectivity index (χ2v) is 5.79. The molecule has 0 amide bonds. The van der Waals surface area contributed by atoms with Gasteiger partial charge in [-0.1, -0.05) is 18.2 Å². The summed E-state index contributed by atoms with van der Waals surface area (Å²) in [6.07, 6.45) is 0.859. The van der Waals surface area contributed by atoms with Gasteiger partial charge in [0.25, 0.3) is 0 Å². The Morgan fingerprint density at radius 1 is 1.04 bits per heavy atom. The fourth-order valence-electron chi connectivity index (χ4n) is 2.95. The summed E-state index contributed by atoms with van der Waals surface area (Å²) in [5.74, 6) is 1.54. The summed E-state index contributed by atoms with van der Waals surface area (Å²) < 4.78 is 5.24. The largest absolute Gasteiger partial charge is 0.497 e. The number of aromatic nitrogens is 2. The van der Waals surface area contributed by atoms with Gasteiger partial charge < -0.3 is 15.0 Å². The molecule has 0 aliphatic carbocycles. The van der Waals surface area contributed by atoms with Gasteiger partial charge in [-0.15, -0.1) is 0 Å². The zero-order valence-corrected chi connectivity index (χ0v) is 15.0. The van der Waals surface area contributed by atoms with E-state index in [-0.39, 0.29) is 0 Å². The number of para-hydroxylation sites is 1. The lowest BCUT2D eigenvalue weighted by molar-refractivity contribution is 0.415. The molecule has 130 valence electrons. The van der Waals surface area contributed by atoms with Gasteiger partial charge in [-0.25, -0.2) is 9.97 Å². The van der Waals surface area contributed by atoms with Gasteiger partial charge >= 0.3 is 0 Å². The third-order valence-corrected chi connectivity index (χ3v) is 4.34. The van der Waals surface area contributed by atoms with Crippen molar-refractivity contribution in [2.45, 2.75) is 13.3 Å². The average Bonchev–Trinajstić information content (AvgIpc) is 2.68. The van der Waals surface area contributed by atoms with Gasteiger partial charge in [0.1, 0.15) is 5.75 Å². The molecule has 0 saturated carbocycles. The monoisotopic (exact) mass is 336 g/mol. The van der Waals surface area contributed by atoms with Gasteiger partial charge in [0.05, 0.1) is 18.3 Å². The number of fused-ring (bicyclic) bond motifs is 1. The van der Waals surface area contributed by atoms with Crippen molar-refractivity contribution in [3.63, 3.8) is 0 Å². The number of anilines is 2. The van der Waals surface area contributed by atoms with E-state index < -0.39 is 0 Å². The lowest BCUT2D eigenvalue weighted by atomic mass is 10.1. The fraction of sp³-hybridized carbons (Fsp3) is 0.300. The molecule has 0 bridgehead atoms. The van der Waals surface area contributed by atoms with Crippen LogP contribution < -0.4 is 15.0 Å². The van der Waals surface area contributed by atoms with Crippen LogP contribution in [0.3, 0.4) is 0 Å². The van der Waals surface area contributed by atoms with Crippen LogP contribution >= 0.6 is 0 Å². The van der Waals surface area contributed by atoms with Crippen LogP contribution in [0.5, 0.6) is 5.75 Å². The van der Waals surface area contributed by atoms with Crippen molar-refractivity contribution in [3.8, 4) is 5.75 Å². The topological polar surface area (TPSA) is 50.3 Å². The first kappa shape index (κ1) is 17.0. The van der Waals surface area contributed by atoms with E-state index in [0.717, 1.165) is 41.9 Å². The Labute approximate surface area is 148 Å². The number of hydrogen-bond acceptors (Lipinski definition) is 5. The maximum absolute atomic E-state index is 5.24. The van der Waals surface area contributed by atoms with E-state index in [0.29, 0.717) is 5.95 Å². The quantitative estimate of drug-likeness (QED) is 0.712. The van der Waals surface area contributed by atoms with Crippen LogP contribution in [-0.2, 0) is 6.42 Å². The predicted octanol–water partition coefficient (Wildman–Crippen LogP) is 3.75. The van der Waals surface area contributed by atoms with Crippen LogP contribution in [0.1, 0.15) is 12.6 Å². The Morgan fingerprint density at radius 3 is 2.48 bits per heavy atom. The van der Waals surface area contributed by atoms with Crippen molar-refractivity contribution in [1.29, 1.82) is 0 Å². The Bertz CT molecular complexity index is 833. The second kappa shape index (κ2) is 7.83. The number of benzene rings is 2. The smallest absolute Gasteiger partial charge is 0.223 e. The third kappa shape index (κ3) is 3.82. The molecule has 0 atom stereocenters. The van der Waals surface area contributed by atoms with Crippen LogP contribution in [0.15, 0.2) is 48.5 Å². The Kier molecular flexibility index (Phi) is 5.33. The molecule has 0 saturated heterocycles. The molecule has 25 heavy (non-hydrogen) atoms. The van der Waals surface area contributed by atoms with Gasteiger partial charge in [-0.05, 0) is 37.3 Å². The summed E-state index contributed by atoms with van der Waals surface area (Å²) in [5, 5.41) is 4.17. The fourth-order valence-corrected chi connectivity index (χ4v) is 2.95. The number of ether oxygens (including phenoxy) is 1. The molecule has 0 aliphatic rings. The van der Waals surface area contributed by atoms with Gasteiger partial charge in [0, 0.05) is 37.6 Å². The van der Waals surface area contributed by atoms with Crippen molar-refractivity contribution in [2.24, 2.45) is 0 Å². The van der Waals surface area contributed by atoms with E-state index in [1.807, 2.05) is 37.4 Å². The van der Waals surface area contributed by atoms with Gasteiger partial charge in [-0.3, -0.25) is 0 Å². The van der Waals surface area contributed by atoms with Crippen molar-refractivity contribution < 1.29 is 4.74 Å². The SMILES string of the molecule is CCN(CCc1nc(NC)nc2ccccc12)c1ccc(OC)cc1. The first-order valence-electron chi connectivity index (χ1n) is 8.57. The van der Waals surface area contributed by atoms with Gasteiger partial charge in [0.15, 0.2) is 0 Å². The van der Waals surface area contributed by atoms with E-state index in [9.17, 15) is 0 Å². The summed E-state index contributed by atoms with van der Waals surface area (Å²) in [4.78, 5) is 11.5. The summed E-state index contributed by atoms with van der Waals surface area (Å²) in [7, 11) is 3.54. The minimum Gasteiger partial charge on any atom is -0.497 e. The number of nitrogens with zero attached hydrogens (tertiary/aromatic N) is 3. The van der Waals surface area contributed by atoms with E-state index in [1.165, 1.54) is 5.69 Å². The van der Waals surface area contributed by atoms with E-state index >= 15 is 0 Å². The highest BCUT2D eigenvalue weighted by molar-refractivity contribution is 5.82. The molecule has 0 fully saturated rings. The number of methoxy groups -OCH3 is 1. The molecule has 0 unspecified atom stereocenters. The average molecular weight is 336 g/mol. The van der Waals surface area contributed by atoms with Crippen LogP contribution in [-0.4, -0.2) is 37.2 Å². The molecule has 0 spiro atoms. The van der Waals surface area contributed by atoms with Crippen LogP contribution in [0.2, 0.25) is 0 Å². The zero-order chi connectivity index (χ0) is 17.6. The number of rotatable bonds is 7. The lowest BCUT2D eigenvalue weighted by Crippen LogP contribution is -2.25. The molecule has 1 heterocycles. The first-order chi connectivity index (χ1) is 12.2. The second-order valence-electron chi connectivity index (χ2n) is 5.79. The minimum atomic E-state index is 0.668. The Balaban J connectivity index is 1.82. The van der Waals surface area contributed by atoms with E-state index in [2.05, 4.69) is 45.3 Å². The molecule has 0 aliphatic heterocycles. The summed E-state index contributed by atoms with van der Waals surface area (Å²) in [6, 6.07) is 16.4. The molecule has 3 rings (SSSR count). The van der Waals surface area contributed by atoms with Crippen molar-refractivity contribution in [3.05, 3.63) is 54.2 Å². The van der Waals surface area contributed by atoms with E-state index in [1.54, 1.807) is 7.11 Å². The number of nitrogens with one attached hydrogen (secondary N) is 1. The molecular weight excluding hydrogens is 312 g/mol. The van der Waals surface area contributed by atoms with Crippen LogP contribution in [0.25, 0.3) is 10.9 Å². The molecule has 5 nitrogen and oxygen atoms in total. The highest BCUT2D eigenvalue weighted by Gasteiger charge is 2.10. The maximum Gasteiger partial charge on any atom is 0.223 e. The van der Waals surface area contributed by atoms with Crippen LogP contribution in [0, 0.1) is 0 Å². The summed E-state index contributed by atoms with van der Waals surface area (Å²) >= 11 is 0. The maximum atomic E-state index is 5.24. The van der Waals surface area contributed by atoms with Crippen molar-refractivity contribution in [1.82, 2.24) is 9.97 Å². The van der Waals surface area contributed by atoms with Crippen molar-refractivity contribution in [2.75, 3.05) is 37.5 Å². The van der Waals surface area contributed by atoms with Crippen LogP contribution in [0.4, 0.5) is 11.6 Å². The summed E-state index contributed by atoms with van der Waals surface area (Å²) in [5.41, 5.74) is 3.24. The van der Waals surface area contributed by atoms with Crippen molar-refractivity contribution >= 4 is 22.5 Å². The first-order valence-corrected chi connectivity index (χ1v) is 8.57. The highest BCUT2D eigenvalue weighted by Crippen LogP contribution is 2.21. The Hall–Kier alpha value is -2.82. The molecule has 1 aromatic heterocycles. The molecule has 2 aromatic carbocycles. The van der Waals surface area contributed by atoms with Gasteiger partial charge in [0.2, 0.25) is 5.95 Å². The lowest BCUT2D eigenvalue weighted by Gasteiger charge is -2.23. The molecular formula is C20H24N4O. The zero-order valence-electron chi connectivity index (χ0n) is 15.0. The predicted molar refractivity (Wildman–Crippen MR) is 104 cm³/mol. The standard InChI is InChI=1S/C20H24N4O/c1-4-24(15-9-11-16(25-3)12-10-15)14-13-19-17-7-5-6-8-18(17)22-20(21-2)23-19/h5-12H,4,13-14H2,1-3H3,(H,21,22,23). The number of hydrogen-bond donors (Lipinski definition) is 1. The highest BCUT2D eigenvalue weighted by atomic mass is 16.5. The normalized spacial score (nSPS) is 10.7. The minimum absolute atomic E-state index is 0.668. The molecule has 0 radical (unpaired) electrons. The van der Waals surface area contributed by atoms with E-state index in [4.69, 9.17) is 4.74 Å². The summed E-state index contributed by atoms with van der Waals surface area (Å²) in [6.45, 7) is 4.00. The molecule has 1 N–H and O–H groups in total. The third-order valence-electron chi connectivity index (χ3n) is 4.34. The Morgan fingerprint density at radius 2 is 1.80 bits per heavy atom.